The zero-order chi connectivity index (χ0) is 19.0. The average molecular weight is 360 g/mol. The van der Waals surface area contributed by atoms with Crippen molar-refractivity contribution in [3.8, 4) is 17.6 Å². The Hall–Kier alpha value is -3.39. The molecule has 1 atom stereocenters. The highest BCUT2D eigenvalue weighted by Gasteiger charge is 2.36. The molecule has 0 aromatic heterocycles. The quantitative estimate of drug-likeness (QED) is 0.899. The fourth-order valence-corrected chi connectivity index (χ4v) is 3.83. The normalized spacial score (nSPS) is 18.2. The molecule has 0 unspecified atom stereocenters. The monoisotopic (exact) mass is 360 g/mol. The molecule has 2 aliphatic rings. The predicted molar refractivity (Wildman–Crippen MR) is 102 cm³/mol. The molecule has 27 heavy (non-hydrogen) atoms. The number of nitrogens with two attached hydrogens (primary N) is 1. The van der Waals surface area contributed by atoms with Gasteiger partial charge in [-0.15, -0.1) is 0 Å². The van der Waals surface area contributed by atoms with Gasteiger partial charge < -0.3 is 19.9 Å². The van der Waals surface area contributed by atoms with E-state index in [-0.39, 0.29) is 11.8 Å². The predicted octanol–water partition coefficient (Wildman–Crippen LogP) is 3.87. The third-order valence-corrected chi connectivity index (χ3v) is 5.17. The van der Waals surface area contributed by atoms with E-state index < -0.39 is 0 Å². The average Bonchev–Trinajstić information content (AvgIpc) is 2.72. The van der Waals surface area contributed by atoms with Crippen LogP contribution >= 0.6 is 0 Å². The standard InChI is InChI=1S/C22H20N2O3/c1-25-15-7-4-14(5-8-15)20-18(12-23)22(24)27-19-10-6-13-3-9-16(26-2)11-17(13)21(19)20/h3-5,7-9,11,20H,6,10,24H2,1-2H3/t20-/m1/s1. The molecule has 4 rings (SSSR count). The topological polar surface area (TPSA) is 77.5 Å². The van der Waals surface area contributed by atoms with E-state index in [9.17, 15) is 5.26 Å². The van der Waals surface area contributed by atoms with Crippen molar-refractivity contribution in [2.24, 2.45) is 5.73 Å². The number of benzene rings is 2. The van der Waals surface area contributed by atoms with Crippen LogP contribution in [0.15, 0.2) is 59.7 Å². The van der Waals surface area contributed by atoms with Crippen molar-refractivity contribution in [1.82, 2.24) is 0 Å². The van der Waals surface area contributed by atoms with Crippen LogP contribution in [0.3, 0.4) is 0 Å². The van der Waals surface area contributed by atoms with Gasteiger partial charge in [-0.05, 0) is 47.4 Å². The van der Waals surface area contributed by atoms with Gasteiger partial charge in [0.1, 0.15) is 28.9 Å². The molecule has 0 fully saturated rings. The molecule has 0 bridgehead atoms. The largest absolute Gasteiger partial charge is 0.497 e. The van der Waals surface area contributed by atoms with E-state index in [1.807, 2.05) is 36.4 Å². The first-order valence-corrected chi connectivity index (χ1v) is 8.78. The van der Waals surface area contributed by atoms with E-state index in [1.165, 1.54) is 5.56 Å². The number of fused-ring (bicyclic) bond motifs is 2. The molecule has 0 saturated heterocycles. The minimum Gasteiger partial charge on any atom is -0.497 e. The summed E-state index contributed by atoms with van der Waals surface area (Å²) in [5.74, 6) is 2.27. The van der Waals surface area contributed by atoms with E-state index in [0.717, 1.165) is 46.8 Å². The van der Waals surface area contributed by atoms with Crippen LogP contribution in [0.1, 0.15) is 29.0 Å². The summed E-state index contributed by atoms with van der Waals surface area (Å²) in [7, 11) is 3.28. The summed E-state index contributed by atoms with van der Waals surface area (Å²) in [6.45, 7) is 0. The Labute approximate surface area is 158 Å². The van der Waals surface area contributed by atoms with Crippen molar-refractivity contribution < 1.29 is 14.2 Å². The Morgan fingerprint density at radius 2 is 1.74 bits per heavy atom. The number of rotatable bonds is 3. The van der Waals surface area contributed by atoms with Gasteiger partial charge in [0, 0.05) is 12.0 Å². The van der Waals surface area contributed by atoms with Gasteiger partial charge in [-0.3, -0.25) is 0 Å². The first-order chi connectivity index (χ1) is 13.2. The van der Waals surface area contributed by atoms with Crippen LogP contribution in [-0.2, 0) is 11.2 Å². The third kappa shape index (κ3) is 2.80. The van der Waals surface area contributed by atoms with Crippen LogP contribution < -0.4 is 15.2 Å². The van der Waals surface area contributed by atoms with Crippen LogP contribution in [-0.4, -0.2) is 14.2 Å². The van der Waals surface area contributed by atoms with Crippen molar-refractivity contribution in [2.75, 3.05) is 14.2 Å². The van der Waals surface area contributed by atoms with Gasteiger partial charge in [0.25, 0.3) is 0 Å². The fraction of sp³-hybridized carbons (Fsp3) is 0.227. The molecule has 1 aliphatic heterocycles. The second-order valence-electron chi connectivity index (χ2n) is 6.56. The Morgan fingerprint density at radius 3 is 2.41 bits per heavy atom. The Balaban J connectivity index is 1.92. The molecule has 0 saturated carbocycles. The van der Waals surface area contributed by atoms with Crippen LogP contribution in [0, 0.1) is 11.3 Å². The van der Waals surface area contributed by atoms with E-state index >= 15 is 0 Å². The molecule has 1 heterocycles. The van der Waals surface area contributed by atoms with Crippen LogP contribution in [0.25, 0.3) is 5.57 Å². The number of hydrogen-bond acceptors (Lipinski definition) is 5. The van der Waals surface area contributed by atoms with E-state index in [2.05, 4.69) is 12.1 Å². The molecule has 2 aromatic rings. The van der Waals surface area contributed by atoms with Crippen molar-refractivity contribution in [3.63, 3.8) is 0 Å². The molecule has 5 heteroatoms. The summed E-state index contributed by atoms with van der Waals surface area (Å²) in [4.78, 5) is 0. The lowest BCUT2D eigenvalue weighted by atomic mass is 9.75. The third-order valence-electron chi connectivity index (χ3n) is 5.17. The van der Waals surface area contributed by atoms with E-state index in [1.54, 1.807) is 14.2 Å². The minimum atomic E-state index is -0.282. The molecule has 136 valence electrons. The molecule has 1 aliphatic carbocycles. The lowest BCUT2D eigenvalue weighted by Crippen LogP contribution is -2.23. The zero-order valence-electron chi connectivity index (χ0n) is 15.3. The van der Waals surface area contributed by atoms with E-state index in [4.69, 9.17) is 19.9 Å². The highest BCUT2D eigenvalue weighted by atomic mass is 16.5. The van der Waals surface area contributed by atoms with Crippen LogP contribution in [0.5, 0.6) is 11.5 Å². The van der Waals surface area contributed by atoms with Crippen molar-refractivity contribution in [3.05, 3.63) is 76.4 Å². The molecule has 5 nitrogen and oxygen atoms in total. The first kappa shape index (κ1) is 17.0. The SMILES string of the molecule is COc1ccc([C@@H]2C(C#N)=C(N)OC3=C2c2cc(OC)ccc2CC3)cc1. The molecular formula is C22H20N2O3. The Bertz CT molecular complexity index is 997. The van der Waals surface area contributed by atoms with Crippen molar-refractivity contribution in [2.45, 2.75) is 18.8 Å². The molecule has 2 aromatic carbocycles. The van der Waals surface area contributed by atoms with Gasteiger partial charge in [-0.25, -0.2) is 0 Å². The number of nitrogens with zero attached hydrogens (tertiary/aromatic N) is 1. The fourth-order valence-electron chi connectivity index (χ4n) is 3.83. The maximum absolute atomic E-state index is 9.79. The number of hydrogen-bond donors (Lipinski definition) is 1. The first-order valence-electron chi connectivity index (χ1n) is 8.78. The molecule has 0 radical (unpaired) electrons. The van der Waals surface area contributed by atoms with Gasteiger partial charge in [-0.1, -0.05) is 18.2 Å². The van der Waals surface area contributed by atoms with Gasteiger partial charge in [0.15, 0.2) is 0 Å². The molecular weight excluding hydrogens is 340 g/mol. The summed E-state index contributed by atoms with van der Waals surface area (Å²) in [5, 5.41) is 9.79. The smallest absolute Gasteiger partial charge is 0.205 e. The Kier molecular flexibility index (Phi) is 4.25. The summed E-state index contributed by atoms with van der Waals surface area (Å²) in [6.07, 6.45) is 1.61. The maximum Gasteiger partial charge on any atom is 0.205 e. The molecule has 0 amide bonds. The van der Waals surface area contributed by atoms with Crippen molar-refractivity contribution in [1.29, 1.82) is 5.26 Å². The number of ether oxygens (including phenoxy) is 3. The highest BCUT2D eigenvalue weighted by Crippen LogP contribution is 2.49. The zero-order valence-corrected chi connectivity index (χ0v) is 15.3. The van der Waals surface area contributed by atoms with E-state index in [0.29, 0.717) is 5.57 Å². The maximum atomic E-state index is 9.79. The Morgan fingerprint density at radius 1 is 1.04 bits per heavy atom. The lowest BCUT2D eigenvalue weighted by molar-refractivity contribution is 0.273. The highest BCUT2D eigenvalue weighted by molar-refractivity contribution is 5.82. The summed E-state index contributed by atoms with van der Waals surface area (Å²) in [6, 6.07) is 16.0. The van der Waals surface area contributed by atoms with Crippen molar-refractivity contribution >= 4 is 5.57 Å². The van der Waals surface area contributed by atoms with Gasteiger partial charge in [-0.2, -0.15) is 5.26 Å². The number of aryl methyl sites for hydroxylation is 1. The second kappa shape index (κ2) is 6.73. The van der Waals surface area contributed by atoms with Gasteiger partial charge >= 0.3 is 0 Å². The van der Waals surface area contributed by atoms with Gasteiger partial charge in [0.05, 0.1) is 20.1 Å². The van der Waals surface area contributed by atoms with Crippen LogP contribution in [0.2, 0.25) is 0 Å². The lowest BCUT2D eigenvalue weighted by Gasteiger charge is -2.33. The number of methoxy groups -OCH3 is 2. The second-order valence-corrected chi connectivity index (χ2v) is 6.56. The summed E-state index contributed by atoms with van der Waals surface area (Å²) >= 11 is 0. The van der Waals surface area contributed by atoms with Gasteiger partial charge in [0.2, 0.25) is 5.88 Å². The summed E-state index contributed by atoms with van der Waals surface area (Å²) in [5.41, 5.74) is 10.8. The number of nitriles is 1. The minimum absolute atomic E-state index is 0.184. The summed E-state index contributed by atoms with van der Waals surface area (Å²) < 4.78 is 16.6. The van der Waals surface area contributed by atoms with Crippen LogP contribution in [0.4, 0.5) is 0 Å². The number of allylic oxidation sites excluding steroid dienone is 3. The molecule has 2 N–H and O–H groups in total. The molecule has 0 spiro atoms.